The Morgan fingerprint density at radius 1 is 1.00 bits per heavy atom. The third-order valence-electron chi connectivity index (χ3n) is 12.1. The number of thioether (sulfide) groups is 1. The number of benzene rings is 3. The number of nitrogens with one attached hydrogen (secondary N) is 3. The van der Waals surface area contributed by atoms with Crippen LogP contribution < -0.4 is 39.6 Å². The maximum absolute atomic E-state index is 14.8. The zero-order chi connectivity index (χ0) is 39.4. The molecule has 3 aromatic carbocycles. The third kappa shape index (κ3) is 5.25. The van der Waals surface area contributed by atoms with E-state index in [-0.39, 0.29) is 48.4 Å². The molecule has 3 aromatic rings. The molecule has 16 heteroatoms. The lowest BCUT2D eigenvalue weighted by Gasteiger charge is -2.60. The molecule has 5 N–H and O–H groups in total. The van der Waals surface area contributed by atoms with Gasteiger partial charge >= 0.3 is 11.9 Å². The summed E-state index contributed by atoms with van der Waals surface area (Å²) in [6.45, 7) is 6.71. The highest BCUT2D eigenvalue weighted by atomic mass is 32.2. The predicted octanol–water partition coefficient (Wildman–Crippen LogP) is 3.21. The van der Waals surface area contributed by atoms with Gasteiger partial charge in [-0.25, -0.2) is 4.79 Å². The molecule has 7 unspecified atom stereocenters. The number of fused-ring (bicyclic) bond motifs is 9. The van der Waals surface area contributed by atoms with Crippen LogP contribution in [0, 0.1) is 13.8 Å². The maximum Gasteiger partial charge on any atom is 0.331 e. The van der Waals surface area contributed by atoms with Crippen molar-refractivity contribution in [3.8, 4) is 40.2 Å². The van der Waals surface area contributed by atoms with Crippen LogP contribution in [0.2, 0.25) is 0 Å². The SMILES string of the molecule is COc1cc2c(cc1O)CCNC21CSC2c3c(OC(C)=O)c(C)c4c(c3C(COC1=O)N1C(NC(C)=O)C3Cc5cc(C)c(OC)c(O)c5C(N3)C21)OCO4. The van der Waals surface area contributed by atoms with Crippen LogP contribution in [0.3, 0.4) is 0 Å². The summed E-state index contributed by atoms with van der Waals surface area (Å²) in [5, 5.41) is 32.7. The van der Waals surface area contributed by atoms with Crippen LogP contribution >= 0.6 is 11.8 Å². The largest absolute Gasteiger partial charge is 0.504 e. The molecule has 0 aromatic heterocycles. The molecule has 7 aliphatic rings. The van der Waals surface area contributed by atoms with Gasteiger partial charge in [0.25, 0.3) is 0 Å². The molecule has 15 nitrogen and oxygen atoms in total. The number of piperazine rings is 1. The van der Waals surface area contributed by atoms with Gasteiger partial charge in [0.2, 0.25) is 12.7 Å². The summed E-state index contributed by atoms with van der Waals surface area (Å²) in [7, 11) is 2.99. The molecule has 1 spiro atoms. The second kappa shape index (κ2) is 13.4. The van der Waals surface area contributed by atoms with Crippen molar-refractivity contribution >= 4 is 29.6 Å². The molecular formula is C40H44N4O11S. The van der Waals surface area contributed by atoms with Crippen LogP contribution in [0.5, 0.6) is 40.2 Å². The van der Waals surface area contributed by atoms with E-state index in [1.165, 1.54) is 39.8 Å². The summed E-state index contributed by atoms with van der Waals surface area (Å²) in [6, 6.07) is 3.19. The number of carbonyl (C=O) groups is 3. The van der Waals surface area contributed by atoms with Crippen molar-refractivity contribution in [2.75, 3.05) is 39.9 Å². The van der Waals surface area contributed by atoms with Crippen LogP contribution in [0.15, 0.2) is 18.2 Å². The Labute approximate surface area is 327 Å². The van der Waals surface area contributed by atoms with Crippen LogP contribution in [0.1, 0.15) is 75.7 Å². The Balaban J connectivity index is 1.33. The molecule has 7 heterocycles. The lowest BCUT2D eigenvalue weighted by atomic mass is 9.73. The van der Waals surface area contributed by atoms with Crippen molar-refractivity contribution in [2.45, 2.75) is 81.7 Å². The van der Waals surface area contributed by atoms with Gasteiger partial charge in [0.1, 0.15) is 12.4 Å². The first-order valence-electron chi connectivity index (χ1n) is 18.7. The molecule has 7 aliphatic heterocycles. The van der Waals surface area contributed by atoms with Crippen molar-refractivity contribution in [1.29, 1.82) is 0 Å². The highest BCUT2D eigenvalue weighted by Crippen LogP contribution is 2.63. The number of amides is 1. The Morgan fingerprint density at radius 2 is 1.79 bits per heavy atom. The standard InChI is InChI=1S/C40H44N4O11S/c1-16-9-21-10-23-38(42-18(3)45)44-24-13-52-39(49)40(22-12-26(50-5)25(47)11-20(22)7-8-41-40)14-56-37(31(44)30(43-23)27(21)32(48)33(16)51-6)29-28(24)36-35(53-15-54-36)17(2)34(29)55-19(4)46/h9,11-12,23-24,30-31,37-38,41,43,47-48H,7-8,10,13-15H2,1-6H3,(H,42,45). The summed E-state index contributed by atoms with van der Waals surface area (Å²) in [5.74, 6) is 0.634. The van der Waals surface area contributed by atoms with Gasteiger partial charge in [0, 0.05) is 60.5 Å². The van der Waals surface area contributed by atoms with E-state index in [9.17, 15) is 24.6 Å². The second-order valence-electron chi connectivity index (χ2n) is 15.2. The summed E-state index contributed by atoms with van der Waals surface area (Å²) in [6.07, 6.45) is 0.413. The van der Waals surface area contributed by atoms with Gasteiger partial charge in [0.05, 0.1) is 37.7 Å². The van der Waals surface area contributed by atoms with E-state index in [1.54, 1.807) is 12.1 Å². The van der Waals surface area contributed by atoms with Crippen molar-refractivity contribution in [3.05, 3.63) is 62.7 Å². The molecule has 296 valence electrons. The molecule has 7 atom stereocenters. The summed E-state index contributed by atoms with van der Waals surface area (Å²) >= 11 is 1.47. The van der Waals surface area contributed by atoms with Crippen molar-refractivity contribution in [1.82, 2.24) is 20.9 Å². The maximum atomic E-state index is 14.8. The lowest BCUT2D eigenvalue weighted by molar-refractivity contribution is -0.157. The molecule has 2 saturated heterocycles. The zero-order valence-electron chi connectivity index (χ0n) is 31.9. The predicted molar refractivity (Wildman–Crippen MR) is 202 cm³/mol. The number of phenolic OH excluding ortho intramolecular Hbond substituents is 2. The van der Waals surface area contributed by atoms with Gasteiger partial charge in [-0.15, -0.1) is 11.8 Å². The number of hydrogen-bond acceptors (Lipinski definition) is 15. The molecule has 2 fully saturated rings. The molecule has 4 bridgehead atoms. The summed E-state index contributed by atoms with van der Waals surface area (Å²) < 4.78 is 36.1. The first-order valence-corrected chi connectivity index (χ1v) is 19.7. The molecule has 0 aliphatic carbocycles. The van der Waals surface area contributed by atoms with E-state index in [1.807, 2.05) is 19.9 Å². The first kappa shape index (κ1) is 36.7. The number of methoxy groups -OCH3 is 2. The molecule has 0 radical (unpaired) electrons. The Hall–Kier alpha value is -4.90. The smallest absolute Gasteiger partial charge is 0.331 e. The number of hydrogen-bond donors (Lipinski definition) is 5. The molecule has 1 amide bonds. The minimum Gasteiger partial charge on any atom is -0.504 e. The fourth-order valence-corrected chi connectivity index (χ4v) is 11.7. The monoisotopic (exact) mass is 788 g/mol. The number of rotatable bonds is 4. The average molecular weight is 789 g/mol. The molecule has 56 heavy (non-hydrogen) atoms. The Morgan fingerprint density at radius 3 is 2.52 bits per heavy atom. The van der Waals surface area contributed by atoms with Gasteiger partial charge in [0.15, 0.2) is 40.0 Å². The fourth-order valence-electron chi connectivity index (χ4n) is 10.0. The van der Waals surface area contributed by atoms with Gasteiger partial charge in [-0.2, -0.15) is 0 Å². The number of aryl methyl sites for hydroxylation is 1. The number of esters is 2. The van der Waals surface area contributed by atoms with Gasteiger partial charge in [-0.3, -0.25) is 19.8 Å². The highest BCUT2D eigenvalue weighted by molar-refractivity contribution is 7.99. The number of phenols is 2. The fraction of sp³-hybridized carbons (Fsp3) is 0.475. The van der Waals surface area contributed by atoms with Crippen LogP contribution in [-0.4, -0.2) is 91.1 Å². The van der Waals surface area contributed by atoms with Crippen molar-refractivity contribution < 1.29 is 53.0 Å². The van der Waals surface area contributed by atoms with E-state index in [0.717, 1.165) is 16.7 Å². The Kier molecular flexibility index (Phi) is 8.76. The Bertz CT molecular complexity index is 2220. The third-order valence-corrected chi connectivity index (χ3v) is 13.6. The van der Waals surface area contributed by atoms with Crippen molar-refractivity contribution in [3.63, 3.8) is 0 Å². The first-order chi connectivity index (χ1) is 26.9. The highest BCUT2D eigenvalue weighted by Gasteiger charge is 2.60. The summed E-state index contributed by atoms with van der Waals surface area (Å²) in [5.41, 5.74) is 4.31. The van der Waals surface area contributed by atoms with E-state index in [0.29, 0.717) is 70.2 Å². The van der Waals surface area contributed by atoms with E-state index >= 15 is 0 Å². The number of nitrogens with zero attached hydrogens (tertiary/aromatic N) is 1. The normalized spacial score (nSPS) is 28.3. The minimum absolute atomic E-state index is 0.0225. The molecule has 0 saturated carbocycles. The minimum atomic E-state index is -1.37. The van der Waals surface area contributed by atoms with E-state index in [4.69, 9.17) is 28.4 Å². The zero-order valence-corrected chi connectivity index (χ0v) is 32.7. The van der Waals surface area contributed by atoms with Gasteiger partial charge in [-0.05, 0) is 61.1 Å². The average Bonchev–Trinajstić information content (AvgIpc) is 3.65. The van der Waals surface area contributed by atoms with Gasteiger partial charge in [-0.1, -0.05) is 6.07 Å². The molecular weight excluding hydrogens is 745 g/mol. The second-order valence-corrected chi connectivity index (χ2v) is 16.4. The topological polar surface area (TPSA) is 186 Å². The summed E-state index contributed by atoms with van der Waals surface area (Å²) in [4.78, 5) is 43.1. The van der Waals surface area contributed by atoms with Gasteiger partial charge < -0.3 is 49.3 Å². The number of ether oxygens (including phenoxy) is 6. The van der Waals surface area contributed by atoms with Crippen molar-refractivity contribution in [2.24, 2.45) is 0 Å². The van der Waals surface area contributed by atoms with E-state index < -0.39 is 47.0 Å². The van der Waals surface area contributed by atoms with Crippen LogP contribution in [-0.2, 0) is 37.5 Å². The van der Waals surface area contributed by atoms with E-state index in [2.05, 4.69) is 20.9 Å². The number of aromatic hydroxyl groups is 2. The van der Waals surface area contributed by atoms with Crippen LogP contribution in [0.25, 0.3) is 0 Å². The lowest BCUT2D eigenvalue weighted by Crippen LogP contribution is -2.73. The van der Waals surface area contributed by atoms with Crippen LogP contribution in [0.4, 0.5) is 0 Å². The number of carbonyl (C=O) groups excluding carboxylic acids is 3. The molecule has 10 rings (SSSR count). The quantitative estimate of drug-likeness (QED) is 0.192.